The van der Waals surface area contributed by atoms with E-state index in [-0.39, 0.29) is 5.91 Å². The lowest BCUT2D eigenvalue weighted by Crippen LogP contribution is -2.12. The summed E-state index contributed by atoms with van der Waals surface area (Å²) in [6, 6.07) is 15.4. The van der Waals surface area contributed by atoms with Crippen LogP contribution in [0.4, 0.5) is 17.2 Å². The molecule has 132 valence electrons. The predicted octanol–water partition coefficient (Wildman–Crippen LogP) is 5.39. The molecule has 5 nitrogen and oxygen atoms in total. The number of hydrogen-bond donors (Lipinski definition) is 2. The van der Waals surface area contributed by atoms with Crippen LogP contribution in [0.5, 0.6) is 5.75 Å². The number of methoxy groups -OCH3 is 1. The molecule has 1 aromatic heterocycles. The van der Waals surface area contributed by atoms with Gasteiger partial charge in [0.2, 0.25) is 0 Å². The molecule has 0 radical (unpaired) electrons. The first-order valence-corrected chi connectivity index (χ1v) is 8.44. The van der Waals surface area contributed by atoms with E-state index in [2.05, 4.69) is 15.6 Å². The highest BCUT2D eigenvalue weighted by molar-refractivity contribution is 6.31. The molecule has 0 unspecified atom stereocenters. The number of rotatable bonds is 5. The Balaban J connectivity index is 1.79. The number of anilines is 3. The normalized spacial score (nSPS) is 10.3. The summed E-state index contributed by atoms with van der Waals surface area (Å²) in [6.45, 7) is 0. The molecule has 0 bridgehead atoms. The molecular formula is C19H15Cl2N3O2. The molecule has 0 saturated heterocycles. The number of halogens is 2. The minimum Gasteiger partial charge on any atom is -0.495 e. The van der Waals surface area contributed by atoms with Crippen LogP contribution in [0.15, 0.2) is 60.8 Å². The molecule has 26 heavy (non-hydrogen) atoms. The Labute approximate surface area is 160 Å². The van der Waals surface area contributed by atoms with Crippen LogP contribution in [0, 0.1) is 0 Å². The van der Waals surface area contributed by atoms with Gasteiger partial charge in [-0.25, -0.2) is 4.98 Å². The van der Waals surface area contributed by atoms with E-state index < -0.39 is 0 Å². The van der Waals surface area contributed by atoms with Crippen molar-refractivity contribution in [2.24, 2.45) is 0 Å². The van der Waals surface area contributed by atoms with Crippen LogP contribution in [0.1, 0.15) is 10.4 Å². The van der Waals surface area contributed by atoms with Gasteiger partial charge in [0.15, 0.2) is 0 Å². The maximum absolute atomic E-state index is 12.4. The van der Waals surface area contributed by atoms with Crippen LogP contribution in [-0.2, 0) is 0 Å². The van der Waals surface area contributed by atoms with E-state index >= 15 is 0 Å². The van der Waals surface area contributed by atoms with Crippen LogP contribution in [0.3, 0.4) is 0 Å². The zero-order valence-electron chi connectivity index (χ0n) is 13.8. The van der Waals surface area contributed by atoms with Gasteiger partial charge in [0.1, 0.15) is 11.6 Å². The second-order valence-electron chi connectivity index (χ2n) is 5.36. The summed E-state index contributed by atoms with van der Waals surface area (Å²) in [6.07, 6.45) is 1.55. The Morgan fingerprint density at radius 3 is 2.46 bits per heavy atom. The fourth-order valence-corrected chi connectivity index (χ4v) is 2.59. The monoisotopic (exact) mass is 387 g/mol. The van der Waals surface area contributed by atoms with Crippen molar-refractivity contribution in [2.75, 3.05) is 17.7 Å². The third-order valence-electron chi connectivity index (χ3n) is 3.55. The molecule has 2 aromatic carbocycles. The van der Waals surface area contributed by atoms with E-state index in [9.17, 15) is 4.79 Å². The number of aromatic nitrogens is 1. The summed E-state index contributed by atoms with van der Waals surface area (Å²) in [5, 5.41) is 7.09. The molecule has 0 atom stereocenters. The lowest BCUT2D eigenvalue weighted by Gasteiger charge is -2.12. The number of carbonyl (C=O) groups excluding carboxylic acids is 1. The van der Waals surface area contributed by atoms with Crippen molar-refractivity contribution in [3.05, 3.63) is 76.4 Å². The number of pyridine rings is 1. The first-order chi connectivity index (χ1) is 12.5. The van der Waals surface area contributed by atoms with E-state index in [4.69, 9.17) is 27.9 Å². The van der Waals surface area contributed by atoms with Gasteiger partial charge < -0.3 is 15.4 Å². The lowest BCUT2D eigenvalue weighted by atomic mass is 10.2. The molecule has 2 N–H and O–H groups in total. The van der Waals surface area contributed by atoms with Crippen molar-refractivity contribution in [1.82, 2.24) is 4.98 Å². The van der Waals surface area contributed by atoms with Crippen LogP contribution < -0.4 is 15.4 Å². The van der Waals surface area contributed by atoms with Crippen LogP contribution in [-0.4, -0.2) is 18.0 Å². The van der Waals surface area contributed by atoms with Gasteiger partial charge in [-0.05, 0) is 54.6 Å². The summed E-state index contributed by atoms with van der Waals surface area (Å²) in [7, 11) is 1.57. The first-order valence-electron chi connectivity index (χ1n) is 7.69. The van der Waals surface area contributed by atoms with Crippen LogP contribution in [0.25, 0.3) is 0 Å². The summed E-state index contributed by atoms with van der Waals surface area (Å²) in [5.74, 6) is 0.859. The molecule has 0 saturated carbocycles. The van der Waals surface area contributed by atoms with Gasteiger partial charge >= 0.3 is 0 Å². The highest BCUT2D eigenvalue weighted by Crippen LogP contribution is 2.30. The van der Waals surface area contributed by atoms with Gasteiger partial charge in [-0.2, -0.15) is 0 Å². The fraction of sp³-hybridized carbons (Fsp3) is 0.0526. The molecule has 1 heterocycles. The number of benzene rings is 2. The van der Waals surface area contributed by atoms with Gasteiger partial charge in [-0.3, -0.25) is 4.79 Å². The Morgan fingerprint density at radius 1 is 1.00 bits per heavy atom. The Kier molecular flexibility index (Phi) is 5.61. The molecule has 7 heteroatoms. The fourth-order valence-electron chi connectivity index (χ4n) is 2.29. The number of ether oxygens (including phenoxy) is 1. The highest BCUT2D eigenvalue weighted by atomic mass is 35.5. The van der Waals surface area contributed by atoms with Gasteiger partial charge in [0, 0.05) is 27.5 Å². The zero-order valence-corrected chi connectivity index (χ0v) is 15.3. The second kappa shape index (κ2) is 8.08. The standard InChI is InChI=1S/C19H15Cl2N3O2/c1-26-17-7-4-14(21)11-16(17)24-18-10-12(8-9-22-18)19(25)23-15-5-2-13(20)3-6-15/h2-11H,1H3,(H,22,24)(H,23,25). The predicted molar refractivity (Wildman–Crippen MR) is 105 cm³/mol. The van der Waals surface area contributed by atoms with E-state index in [1.165, 1.54) is 0 Å². The Bertz CT molecular complexity index is 930. The van der Waals surface area contributed by atoms with E-state index in [1.807, 2.05) is 0 Å². The maximum atomic E-state index is 12.4. The Hall–Kier alpha value is -2.76. The molecule has 0 spiro atoms. The molecule has 0 aliphatic rings. The molecule has 0 aliphatic heterocycles. The van der Waals surface area contributed by atoms with Gasteiger partial charge in [-0.15, -0.1) is 0 Å². The van der Waals surface area contributed by atoms with Crippen molar-refractivity contribution < 1.29 is 9.53 Å². The molecule has 3 rings (SSSR count). The third-order valence-corrected chi connectivity index (χ3v) is 4.04. The molecule has 0 aliphatic carbocycles. The van der Waals surface area contributed by atoms with Crippen molar-refractivity contribution >= 4 is 46.3 Å². The van der Waals surface area contributed by atoms with Crippen LogP contribution >= 0.6 is 23.2 Å². The number of hydrogen-bond acceptors (Lipinski definition) is 4. The number of nitrogens with zero attached hydrogens (tertiary/aromatic N) is 1. The maximum Gasteiger partial charge on any atom is 0.255 e. The molecule has 0 fully saturated rings. The first kappa shape index (κ1) is 18.0. The average Bonchev–Trinajstić information content (AvgIpc) is 2.64. The minimum atomic E-state index is -0.254. The van der Waals surface area contributed by atoms with Crippen LogP contribution in [0.2, 0.25) is 10.0 Å². The van der Waals surface area contributed by atoms with Gasteiger partial charge in [0.05, 0.1) is 12.8 Å². The van der Waals surface area contributed by atoms with E-state index in [0.717, 1.165) is 0 Å². The SMILES string of the molecule is COc1ccc(Cl)cc1Nc1cc(C(=O)Nc2ccc(Cl)cc2)ccn1. The number of nitrogens with one attached hydrogen (secondary N) is 2. The van der Waals surface area contributed by atoms with E-state index in [1.54, 1.807) is 67.9 Å². The molecular weight excluding hydrogens is 373 g/mol. The summed E-state index contributed by atoms with van der Waals surface area (Å²) >= 11 is 11.9. The Morgan fingerprint density at radius 2 is 1.73 bits per heavy atom. The molecule has 1 amide bonds. The molecule has 3 aromatic rings. The second-order valence-corrected chi connectivity index (χ2v) is 6.23. The largest absolute Gasteiger partial charge is 0.495 e. The summed E-state index contributed by atoms with van der Waals surface area (Å²) < 4.78 is 5.30. The minimum absolute atomic E-state index is 0.254. The van der Waals surface area contributed by atoms with Crippen molar-refractivity contribution in [3.63, 3.8) is 0 Å². The van der Waals surface area contributed by atoms with E-state index in [0.29, 0.717) is 38.6 Å². The highest BCUT2D eigenvalue weighted by Gasteiger charge is 2.10. The smallest absolute Gasteiger partial charge is 0.255 e. The van der Waals surface area contributed by atoms with Gasteiger partial charge in [-0.1, -0.05) is 23.2 Å². The van der Waals surface area contributed by atoms with Crippen molar-refractivity contribution in [3.8, 4) is 5.75 Å². The quantitative estimate of drug-likeness (QED) is 0.615. The average molecular weight is 388 g/mol. The third kappa shape index (κ3) is 4.45. The van der Waals surface area contributed by atoms with Crippen molar-refractivity contribution in [2.45, 2.75) is 0 Å². The number of amides is 1. The van der Waals surface area contributed by atoms with Gasteiger partial charge in [0.25, 0.3) is 5.91 Å². The number of carbonyl (C=O) groups is 1. The topological polar surface area (TPSA) is 63.2 Å². The zero-order chi connectivity index (χ0) is 18.5. The van der Waals surface area contributed by atoms with Crippen molar-refractivity contribution in [1.29, 1.82) is 0 Å². The summed E-state index contributed by atoms with van der Waals surface area (Å²) in [5.41, 5.74) is 1.77. The summed E-state index contributed by atoms with van der Waals surface area (Å²) in [4.78, 5) is 16.7. The lowest BCUT2D eigenvalue weighted by molar-refractivity contribution is 0.102.